The van der Waals surface area contributed by atoms with Crippen LogP contribution in [0.1, 0.15) is 22.8 Å². The molecule has 1 aromatic heterocycles. The third kappa shape index (κ3) is 3.95. The van der Waals surface area contributed by atoms with Crippen LogP contribution in [0.15, 0.2) is 41.1 Å². The number of halogens is 1. The van der Waals surface area contributed by atoms with Crippen molar-refractivity contribution in [1.29, 1.82) is 0 Å². The molecule has 1 aromatic carbocycles. The molecule has 0 atom stereocenters. The van der Waals surface area contributed by atoms with E-state index in [0.29, 0.717) is 34.7 Å². The van der Waals surface area contributed by atoms with Gasteiger partial charge in [-0.25, -0.2) is 0 Å². The van der Waals surface area contributed by atoms with Crippen LogP contribution in [-0.4, -0.2) is 17.5 Å². The summed E-state index contributed by atoms with van der Waals surface area (Å²) in [6.07, 6.45) is 3.43. The molecule has 21 heavy (non-hydrogen) atoms. The summed E-state index contributed by atoms with van der Waals surface area (Å²) >= 11 is 3.38. The molecule has 0 saturated carbocycles. The summed E-state index contributed by atoms with van der Waals surface area (Å²) < 4.78 is 11.9. The molecule has 2 N–H and O–H groups in total. The third-order valence-corrected chi connectivity index (χ3v) is 3.29. The highest BCUT2D eigenvalue weighted by molar-refractivity contribution is 9.10. The van der Waals surface area contributed by atoms with Crippen LogP contribution in [0.5, 0.6) is 11.5 Å². The number of pyridine rings is 1. The first-order valence-corrected chi connectivity index (χ1v) is 7.19. The van der Waals surface area contributed by atoms with Crippen LogP contribution in [0.25, 0.3) is 0 Å². The lowest BCUT2D eigenvalue weighted by Crippen LogP contribution is -2.12. The van der Waals surface area contributed by atoms with E-state index in [4.69, 9.17) is 15.2 Å². The fourth-order valence-electron chi connectivity index (χ4n) is 1.75. The summed E-state index contributed by atoms with van der Waals surface area (Å²) in [4.78, 5) is 15.3. The van der Waals surface area contributed by atoms with Crippen molar-refractivity contribution < 1.29 is 14.3 Å². The smallest absolute Gasteiger partial charge is 0.248 e. The van der Waals surface area contributed by atoms with E-state index in [1.165, 1.54) is 0 Å². The summed E-state index contributed by atoms with van der Waals surface area (Å²) in [5.41, 5.74) is 6.59. The Morgan fingerprint density at radius 3 is 2.81 bits per heavy atom. The molecule has 6 heteroatoms. The summed E-state index contributed by atoms with van der Waals surface area (Å²) in [5, 5.41) is 0. The topological polar surface area (TPSA) is 74.4 Å². The normalized spacial score (nSPS) is 10.2. The molecule has 0 spiro atoms. The third-order valence-electron chi connectivity index (χ3n) is 2.70. The van der Waals surface area contributed by atoms with Crippen LogP contribution in [0.4, 0.5) is 0 Å². The van der Waals surface area contributed by atoms with Crippen molar-refractivity contribution >= 4 is 21.8 Å². The number of primary amides is 1. The van der Waals surface area contributed by atoms with Crippen LogP contribution >= 0.6 is 15.9 Å². The Kier molecular flexibility index (Phi) is 5.16. The predicted octanol–water partition coefficient (Wildman–Crippen LogP) is 2.92. The second-order valence-corrected chi connectivity index (χ2v) is 5.09. The van der Waals surface area contributed by atoms with Gasteiger partial charge in [0.25, 0.3) is 0 Å². The second-order valence-electron chi connectivity index (χ2n) is 4.23. The zero-order valence-corrected chi connectivity index (χ0v) is 13.1. The van der Waals surface area contributed by atoms with Crippen molar-refractivity contribution in [2.24, 2.45) is 5.73 Å². The molecule has 0 fully saturated rings. The van der Waals surface area contributed by atoms with Crippen LogP contribution < -0.4 is 15.2 Å². The maximum Gasteiger partial charge on any atom is 0.248 e. The molecule has 1 amide bonds. The van der Waals surface area contributed by atoms with E-state index in [9.17, 15) is 4.79 Å². The van der Waals surface area contributed by atoms with Gasteiger partial charge in [0.05, 0.1) is 11.1 Å². The number of carbonyl (C=O) groups excluding carboxylic acids is 1. The number of benzene rings is 1. The van der Waals surface area contributed by atoms with Gasteiger partial charge in [-0.1, -0.05) is 6.07 Å². The maximum absolute atomic E-state index is 11.3. The largest absolute Gasteiger partial charge is 0.490 e. The molecule has 0 aliphatic heterocycles. The van der Waals surface area contributed by atoms with Gasteiger partial charge in [0.1, 0.15) is 6.61 Å². The average molecular weight is 351 g/mol. The molecule has 0 aliphatic rings. The fourth-order valence-corrected chi connectivity index (χ4v) is 2.31. The van der Waals surface area contributed by atoms with Gasteiger partial charge in [0.15, 0.2) is 11.5 Å². The van der Waals surface area contributed by atoms with E-state index in [2.05, 4.69) is 20.9 Å². The molecular formula is C15H15BrN2O3. The van der Waals surface area contributed by atoms with Crippen molar-refractivity contribution in [3.63, 3.8) is 0 Å². The standard InChI is InChI=1S/C15H15BrN2O3/c1-2-20-13-7-11(15(17)19)6-12(16)14(13)21-9-10-4-3-5-18-8-10/h3-8H,2,9H2,1H3,(H2,17,19). The number of nitrogens with zero attached hydrogens (tertiary/aromatic N) is 1. The van der Waals surface area contributed by atoms with Gasteiger partial charge in [-0.2, -0.15) is 0 Å². The Morgan fingerprint density at radius 1 is 1.38 bits per heavy atom. The molecule has 2 aromatic rings. The molecular weight excluding hydrogens is 336 g/mol. The Balaban J connectivity index is 2.26. The molecule has 0 radical (unpaired) electrons. The molecule has 5 nitrogen and oxygen atoms in total. The first-order valence-electron chi connectivity index (χ1n) is 6.39. The molecule has 0 bridgehead atoms. The number of aromatic nitrogens is 1. The van der Waals surface area contributed by atoms with Gasteiger partial charge in [-0.3, -0.25) is 9.78 Å². The first kappa shape index (κ1) is 15.3. The zero-order valence-electron chi connectivity index (χ0n) is 11.5. The molecule has 110 valence electrons. The maximum atomic E-state index is 11.3. The zero-order chi connectivity index (χ0) is 15.2. The van der Waals surface area contributed by atoms with Gasteiger partial charge in [-0.15, -0.1) is 0 Å². The van der Waals surface area contributed by atoms with E-state index >= 15 is 0 Å². The van der Waals surface area contributed by atoms with Crippen LogP contribution in [-0.2, 0) is 6.61 Å². The number of hydrogen-bond acceptors (Lipinski definition) is 4. The van der Waals surface area contributed by atoms with Crippen molar-refractivity contribution in [3.8, 4) is 11.5 Å². The van der Waals surface area contributed by atoms with Gasteiger partial charge in [0.2, 0.25) is 5.91 Å². The molecule has 0 saturated heterocycles. The Labute approximate surface area is 131 Å². The van der Waals surface area contributed by atoms with Crippen LogP contribution in [0.2, 0.25) is 0 Å². The first-order chi connectivity index (χ1) is 10.1. The fraction of sp³-hybridized carbons (Fsp3) is 0.200. The van der Waals surface area contributed by atoms with E-state index in [0.717, 1.165) is 5.56 Å². The minimum atomic E-state index is -0.518. The highest BCUT2D eigenvalue weighted by Crippen LogP contribution is 2.37. The summed E-state index contributed by atoms with van der Waals surface area (Å²) in [6, 6.07) is 6.95. The number of amides is 1. The van der Waals surface area contributed by atoms with Crippen molar-refractivity contribution in [2.45, 2.75) is 13.5 Å². The number of carbonyl (C=O) groups is 1. The summed E-state index contributed by atoms with van der Waals surface area (Å²) in [7, 11) is 0. The lowest BCUT2D eigenvalue weighted by atomic mass is 10.2. The number of nitrogens with two attached hydrogens (primary N) is 1. The average Bonchev–Trinajstić information content (AvgIpc) is 2.47. The minimum absolute atomic E-state index is 0.350. The van der Waals surface area contributed by atoms with Crippen LogP contribution in [0, 0.1) is 0 Å². The molecule has 1 heterocycles. The van der Waals surface area contributed by atoms with Crippen molar-refractivity contribution in [1.82, 2.24) is 4.98 Å². The van der Waals surface area contributed by atoms with E-state index in [1.54, 1.807) is 24.5 Å². The van der Waals surface area contributed by atoms with Crippen molar-refractivity contribution in [2.75, 3.05) is 6.61 Å². The second kappa shape index (κ2) is 7.08. The predicted molar refractivity (Wildman–Crippen MR) is 82.4 cm³/mol. The SMILES string of the molecule is CCOc1cc(C(N)=O)cc(Br)c1OCc1cccnc1. The van der Waals surface area contributed by atoms with Gasteiger partial charge < -0.3 is 15.2 Å². The summed E-state index contributed by atoms with van der Waals surface area (Å²) in [5.74, 6) is 0.491. The van der Waals surface area contributed by atoms with E-state index in [-0.39, 0.29) is 0 Å². The molecule has 2 rings (SSSR count). The molecule has 0 aliphatic carbocycles. The Hall–Kier alpha value is -2.08. The molecule has 0 unspecified atom stereocenters. The number of ether oxygens (including phenoxy) is 2. The lowest BCUT2D eigenvalue weighted by molar-refractivity contribution is 0.0999. The Bertz CT molecular complexity index is 632. The van der Waals surface area contributed by atoms with E-state index in [1.807, 2.05) is 19.1 Å². The van der Waals surface area contributed by atoms with E-state index < -0.39 is 5.91 Å². The van der Waals surface area contributed by atoms with Gasteiger partial charge in [-0.05, 0) is 41.1 Å². The van der Waals surface area contributed by atoms with Gasteiger partial charge in [0, 0.05) is 23.5 Å². The van der Waals surface area contributed by atoms with Crippen molar-refractivity contribution in [3.05, 3.63) is 52.3 Å². The number of hydrogen-bond donors (Lipinski definition) is 1. The minimum Gasteiger partial charge on any atom is -0.490 e. The lowest BCUT2D eigenvalue weighted by Gasteiger charge is -2.14. The highest BCUT2D eigenvalue weighted by Gasteiger charge is 2.14. The highest BCUT2D eigenvalue weighted by atomic mass is 79.9. The van der Waals surface area contributed by atoms with Gasteiger partial charge >= 0.3 is 0 Å². The van der Waals surface area contributed by atoms with Crippen LogP contribution in [0.3, 0.4) is 0 Å². The quantitative estimate of drug-likeness (QED) is 0.868. The summed E-state index contributed by atoms with van der Waals surface area (Å²) in [6.45, 7) is 2.66. The number of rotatable bonds is 6. The monoisotopic (exact) mass is 350 g/mol. The Morgan fingerprint density at radius 2 is 2.19 bits per heavy atom.